The lowest BCUT2D eigenvalue weighted by atomic mass is 10.3. The van der Waals surface area contributed by atoms with Crippen LogP contribution in [0, 0.1) is 0 Å². The molecule has 0 amide bonds. The van der Waals surface area contributed by atoms with E-state index in [0.717, 1.165) is 0 Å². The third kappa shape index (κ3) is 5.54. The van der Waals surface area contributed by atoms with Crippen molar-refractivity contribution in [1.29, 1.82) is 0 Å². The minimum absolute atomic E-state index is 0.0375. The summed E-state index contributed by atoms with van der Waals surface area (Å²) in [6.45, 7) is 4.14. The summed E-state index contributed by atoms with van der Waals surface area (Å²) in [6.07, 6.45) is -1.19. The Bertz CT molecular complexity index is 181. The topological polar surface area (TPSA) is 55.8 Å². The SMILES string of the molecule is CCOC(=O)CC(O)C(=S)OCC. The van der Waals surface area contributed by atoms with E-state index in [9.17, 15) is 9.90 Å². The quantitative estimate of drug-likeness (QED) is 0.529. The molecule has 0 fully saturated rings. The summed E-state index contributed by atoms with van der Waals surface area (Å²) in [5, 5.41) is 9.32. The Morgan fingerprint density at radius 3 is 2.38 bits per heavy atom. The number of aliphatic hydroxyl groups excluding tert-OH is 1. The Kier molecular flexibility index (Phi) is 6.44. The predicted molar refractivity (Wildman–Crippen MR) is 51.5 cm³/mol. The smallest absolute Gasteiger partial charge is 0.308 e. The lowest BCUT2D eigenvalue weighted by Gasteiger charge is -2.11. The highest BCUT2D eigenvalue weighted by Gasteiger charge is 2.16. The van der Waals surface area contributed by atoms with Crippen LogP contribution in [0.25, 0.3) is 0 Å². The molecule has 1 atom stereocenters. The molecule has 0 aliphatic rings. The summed E-state index contributed by atoms with van der Waals surface area (Å²) in [5.41, 5.74) is 0. The van der Waals surface area contributed by atoms with Crippen LogP contribution in [0.1, 0.15) is 20.3 Å². The van der Waals surface area contributed by atoms with E-state index < -0.39 is 12.1 Å². The van der Waals surface area contributed by atoms with Crippen LogP contribution in [0.3, 0.4) is 0 Å². The number of carbonyl (C=O) groups is 1. The van der Waals surface area contributed by atoms with E-state index in [0.29, 0.717) is 13.2 Å². The monoisotopic (exact) mass is 206 g/mol. The van der Waals surface area contributed by atoms with E-state index in [1.807, 2.05) is 0 Å². The molecule has 1 N–H and O–H groups in total. The number of hydrogen-bond donors (Lipinski definition) is 1. The van der Waals surface area contributed by atoms with Gasteiger partial charge in [-0.05, 0) is 26.1 Å². The summed E-state index contributed by atoms with van der Waals surface area (Å²) in [4.78, 5) is 10.9. The van der Waals surface area contributed by atoms with Gasteiger partial charge >= 0.3 is 5.97 Å². The summed E-state index contributed by atoms with van der Waals surface area (Å²) in [6, 6.07) is 0. The van der Waals surface area contributed by atoms with E-state index in [2.05, 4.69) is 4.74 Å². The fourth-order valence-electron chi connectivity index (χ4n) is 0.700. The van der Waals surface area contributed by atoms with Crippen LogP contribution >= 0.6 is 12.2 Å². The molecular weight excluding hydrogens is 192 g/mol. The molecule has 0 radical (unpaired) electrons. The number of rotatable bonds is 5. The Morgan fingerprint density at radius 2 is 1.92 bits per heavy atom. The van der Waals surface area contributed by atoms with Crippen LogP contribution in [0.15, 0.2) is 0 Å². The van der Waals surface area contributed by atoms with Gasteiger partial charge in [0.25, 0.3) is 0 Å². The van der Waals surface area contributed by atoms with Crippen molar-refractivity contribution < 1.29 is 19.4 Å². The van der Waals surface area contributed by atoms with Crippen molar-refractivity contribution in [2.75, 3.05) is 13.2 Å². The maximum Gasteiger partial charge on any atom is 0.308 e. The van der Waals surface area contributed by atoms with Gasteiger partial charge in [-0.1, -0.05) is 0 Å². The van der Waals surface area contributed by atoms with Crippen molar-refractivity contribution in [3.05, 3.63) is 0 Å². The van der Waals surface area contributed by atoms with E-state index in [-0.39, 0.29) is 11.5 Å². The number of ether oxygens (including phenoxy) is 2. The Morgan fingerprint density at radius 1 is 1.38 bits per heavy atom. The minimum Gasteiger partial charge on any atom is -0.485 e. The average molecular weight is 206 g/mol. The highest BCUT2D eigenvalue weighted by molar-refractivity contribution is 7.80. The first-order valence-corrected chi connectivity index (χ1v) is 4.52. The number of carbonyl (C=O) groups excluding carboxylic acids is 1. The molecular formula is C8H14O4S. The zero-order valence-electron chi connectivity index (χ0n) is 7.78. The number of thiocarbonyl (C=S) groups is 1. The van der Waals surface area contributed by atoms with Crippen LogP contribution in [0.2, 0.25) is 0 Å². The van der Waals surface area contributed by atoms with E-state index >= 15 is 0 Å². The predicted octanol–water partition coefficient (Wildman–Crippen LogP) is 0.664. The summed E-state index contributed by atoms with van der Waals surface area (Å²) < 4.78 is 9.48. The standard InChI is InChI=1S/C8H14O4S/c1-3-11-7(10)5-6(9)8(13)12-4-2/h6,9H,3-5H2,1-2H3. The molecule has 0 aromatic rings. The summed E-state index contributed by atoms with van der Waals surface area (Å²) in [7, 11) is 0. The highest BCUT2D eigenvalue weighted by atomic mass is 32.1. The van der Waals surface area contributed by atoms with Crippen molar-refractivity contribution >= 4 is 23.2 Å². The van der Waals surface area contributed by atoms with Gasteiger partial charge in [-0.3, -0.25) is 4.79 Å². The fraction of sp³-hybridized carbons (Fsp3) is 0.750. The summed E-state index contributed by atoms with van der Waals surface area (Å²) >= 11 is 4.70. The highest BCUT2D eigenvalue weighted by Crippen LogP contribution is 1.99. The first-order valence-electron chi connectivity index (χ1n) is 4.12. The van der Waals surface area contributed by atoms with Crippen LogP contribution in [0.4, 0.5) is 0 Å². The molecule has 5 heteroatoms. The first-order chi connectivity index (χ1) is 6.11. The van der Waals surface area contributed by atoms with Gasteiger partial charge in [0.2, 0.25) is 0 Å². The number of hydrogen-bond acceptors (Lipinski definition) is 5. The van der Waals surface area contributed by atoms with Crippen LogP contribution in [-0.4, -0.2) is 35.4 Å². The van der Waals surface area contributed by atoms with Gasteiger partial charge in [-0.2, -0.15) is 0 Å². The molecule has 0 aromatic carbocycles. The molecule has 0 saturated heterocycles. The second kappa shape index (κ2) is 6.80. The molecule has 0 bridgehead atoms. The van der Waals surface area contributed by atoms with Crippen LogP contribution in [-0.2, 0) is 14.3 Å². The zero-order valence-corrected chi connectivity index (χ0v) is 8.60. The molecule has 0 saturated carbocycles. The Balaban J connectivity index is 3.78. The fourth-order valence-corrected chi connectivity index (χ4v) is 0.901. The second-order valence-electron chi connectivity index (χ2n) is 2.28. The van der Waals surface area contributed by atoms with Gasteiger partial charge in [0, 0.05) is 0 Å². The average Bonchev–Trinajstić information content (AvgIpc) is 2.05. The van der Waals surface area contributed by atoms with Gasteiger partial charge < -0.3 is 14.6 Å². The molecule has 0 aromatic heterocycles. The lowest BCUT2D eigenvalue weighted by molar-refractivity contribution is -0.144. The molecule has 0 aliphatic heterocycles. The normalized spacial score (nSPS) is 11.9. The minimum atomic E-state index is -1.05. The van der Waals surface area contributed by atoms with E-state index in [1.165, 1.54) is 0 Å². The van der Waals surface area contributed by atoms with Gasteiger partial charge in [-0.25, -0.2) is 0 Å². The largest absolute Gasteiger partial charge is 0.485 e. The maximum absolute atomic E-state index is 10.9. The molecule has 76 valence electrons. The van der Waals surface area contributed by atoms with Gasteiger partial charge in [0.05, 0.1) is 19.6 Å². The van der Waals surface area contributed by atoms with E-state index in [4.69, 9.17) is 17.0 Å². The van der Waals surface area contributed by atoms with Crippen molar-refractivity contribution in [3.63, 3.8) is 0 Å². The molecule has 0 heterocycles. The van der Waals surface area contributed by atoms with Crippen molar-refractivity contribution in [2.24, 2.45) is 0 Å². The van der Waals surface area contributed by atoms with Crippen molar-refractivity contribution in [2.45, 2.75) is 26.4 Å². The van der Waals surface area contributed by atoms with Gasteiger partial charge in [0.1, 0.15) is 6.10 Å². The van der Waals surface area contributed by atoms with Gasteiger partial charge in [0.15, 0.2) is 5.05 Å². The van der Waals surface area contributed by atoms with Crippen LogP contribution < -0.4 is 0 Å². The molecule has 0 rings (SSSR count). The Labute approximate surface area is 82.8 Å². The zero-order chi connectivity index (χ0) is 10.3. The molecule has 4 nitrogen and oxygen atoms in total. The van der Waals surface area contributed by atoms with Crippen LogP contribution in [0.5, 0.6) is 0 Å². The Hall–Kier alpha value is -0.680. The van der Waals surface area contributed by atoms with Crippen molar-refractivity contribution in [3.8, 4) is 0 Å². The third-order valence-electron chi connectivity index (χ3n) is 1.22. The molecule has 1 unspecified atom stereocenters. The third-order valence-corrected chi connectivity index (χ3v) is 1.61. The molecule has 0 spiro atoms. The number of aliphatic hydroxyl groups is 1. The van der Waals surface area contributed by atoms with Gasteiger partial charge in [-0.15, -0.1) is 0 Å². The molecule has 13 heavy (non-hydrogen) atoms. The molecule has 0 aliphatic carbocycles. The second-order valence-corrected chi connectivity index (χ2v) is 2.68. The number of esters is 1. The first kappa shape index (κ1) is 12.3. The van der Waals surface area contributed by atoms with E-state index in [1.54, 1.807) is 13.8 Å². The summed E-state index contributed by atoms with van der Waals surface area (Å²) in [5.74, 6) is -0.475. The van der Waals surface area contributed by atoms with Crippen molar-refractivity contribution in [1.82, 2.24) is 0 Å². The maximum atomic E-state index is 10.9. The lowest BCUT2D eigenvalue weighted by Crippen LogP contribution is -2.25.